The highest BCUT2D eigenvalue weighted by atomic mass is 16.5. The molecule has 3 heteroatoms. The van der Waals surface area contributed by atoms with Crippen molar-refractivity contribution in [2.45, 2.75) is 20.0 Å². The number of esters is 1. The number of carbonyl (C=O) groups excluding carboxylic acids is 1. The van der Waals surface area contributed by atoms with E-state index in [4.69, 9.17) is 9.15 Å². The van der Waals surface area contributed by atoms with Gasteiger partial charge in [-0.2, -0.15) is 0 Å². The third-order valence-electron chi connectivity index (χ3n) is 1.43. The van der Waals surface area contributed by atoms with E-state index >= 15 is 0 Å². The summed E-state index contributed by atoms with van der Waals surface area (Å²) < 4.78 is 9.94. The van der Waals surface area contributed by atoms with E-state index in [1.807, 2.05) is 6.07 Å². The van der Waals surface area contributed by atoms with Gasteiger partial charge in [-0.15, -0.1) is 0 Å². The molecule has 0 saturated carbocycles. The van der Waals surface area contributed by atoms with Crippen molar-refractivity contribution in [1.29, 1.82) is 0 Å². The van der Waals surface area contributed by atoms with E-state index in [1.54, 1.807) is 31.4 Å². The van der Waals surface area contributed by atoms with Gasteiger partial charge < -0.3 is 9.15 Å². The predicted octanol–water partition coefficient (Wildman–Crippen LogP) is 2.24. The van der Waals surface area contributed by atoms with Gasteiger partial charge in [0.25, 0.3) is 0 Å². The van der Waals surface area contributed by atoms with Crippen LogP contribution in [0.15, 0.2) is 28.9 Å². The van der Waals surface area contributed by atoms with Crippen LogP contribution in [-0.2, 0) is 9.53 Å². The minimum Gasteiger partial charge on any atom is -0.465 e. The lowest BCUT2D eigenvalue weighted by Gasteiger charge is -2.04. The van der Waals surface area contributed by atoms with Gasteiger partial charge in [-0.05, 0) is 31.2 Å². The molecule has 1 heterocycles. The minimum absolute atomic E-state index is 0.220. The molecule has 3 nitrogen and oxygen atoms in total. The summed E-state index contributed by atoms with van der Waals surface area (Å²) in [6, 6.07) is 3.63. The molecule has 0 aromatic carbocycles. The molecular weight excluding hydrogens is 168 g/mol. The lowest BCUT2D eigenvalue weighted by atomic mass is 10.3. The minimum atomic E-state index is -0.281. The monoisotopic (exact) mass is 180 g/mol. The summed E-state index contributed by atoms with van der Waals surface area (Å²) in [5.41, 5.74) is 0. The summed E-state index contributed by atoms with van der Waals surface area (Å²) >= 11 is 0. The first-order valence-corrected chi connectivity index (χ1v) is 4.07. The Balaban J connectivity index is 2.44. The van der Waals surface area contributed by atoms with Gasteiger partial charge in [0, 0.05) is 6.92 Å². The third-order valence-corrected chi connectivity index (χ3v) is 1.43. The lowest BCUT2D eigenvalue weighted by molar-refractivity contribution is -0.143. The Hall–Kier alpha value is -1.51. The van der Waals surface area contributed by atoms with Crippen molar-refractivity contribution in [3.8, 4) is 0 Å². The van der Waals surface area contributed by atoms with Crippen molar-refractivity contribution in [3.05, 3.63) is 30.2 Å². The Morgan fingerprint density at radius 3 is 3.00 bits per heavy atom. The smallest absolute Gasteiger partial charge is 0.303 e. The van der Waals surface area contributed by atoms with Crippen LogP contribution in [0.4, 0.5) is 0 Å². The molecule has 0 saturated heterocycles. The average Bonchev–Trinajstić information content (AvgIpc) is 2.51. The van der Waals surface area contributed by atoms with Gasteiger partial charge in [0.05, 0.1) is 6.26 Å². The van der Waals surface area contributed by atoms with Crippen LogP contribution in [0.5, 0.6) is 0 Å². The normalized spacial score (nSPS) is 13.1. The Morgan fingerprint density at radius 1 is 1.69 bits per heavy atom. The Kier molecular flexibility index (Phi) is 3.31. The molecule has 13 heavy (non-hydrogen) atoms. The first kappa shape index (κ1) is 9.58. The molecule has 0 aliphatic carbocycles. The molecule has 1 aromatic heterocycles. The first-order valence-electron chi connectivity index (χ1n) is 4.07. The zero-order valence-electron chi connectivity index (χ0n) is 7.69. The number of hydrogen-bond acceptors (Lipinski definition) is 3. The fraction of sp³-hybridized carbons (Fsp3) is 0.300. The van der Waals surface area contributed by atoms with Crippen LogP contribution in [0.3, 0.4) is 0 Å². The fourth-order valence-corrected chi connectivity index (χ4v) is 0.918. The fourth-order valence-electron chi connectivity index (χ4n) is 0.918. The summed E-state index contributed by atoms with van der Waals surface area (Å²) in [5.74, 6) is 0.468. The van der Waals surface area contributed by atoms with Crippen LogP contribution in [0, 0.1) is 0 Å². The highest BCUT2D eigenvalue weighted by molar-refractivity contribution is 5.66. The van der Waals surface area contributed by atoms with E-state index in [2.05, 4.69) is 0 Å². The molecule has 0 spiro atoms. The second-order valence-corrected chi connectivity index (χ2v) is 2.69. The number of rotatable bonds is 3. The molecule has 0 amide bonds. The summed E-state index contributed by atoms with van der Waals surface area (Å²) in [6.45, 7) is 3.18. The lowest BCUT2D eigenvalue weighted by Crippen LogP contribution is -2.08. The van der Waals surface area contributed by atoms with Gasteiger partial charge in [0.15, 0.2) is 0 Å². The van der Waals surface area contributed by atoms with E-state index in [0.717, 1.165) is 5.76 Å². The van der Waals surface area contributed by atoms with E-state index in [9.17, 15) is 4.79 Å². The van der Waals surface area contributed by atoms with E-state index < -0.39 is 0 Å². The van der Waals surface area contributed by atoms with Gasteiger partial charge in [-0.25, -0.2) is 0 Å². The SMILES string of the molecule is CC(=O)O[C@H](C)/C=C/c1ccco1. The zero-order chi connectivity index (χ0) is 9.68. The zero-order valence-corrected chi connectivity index (χ0v) is 7.69. The molecular formula is C10H12O3. The average molecular weight is 180 g/mol. The summed E-state index contributed by atoms with van der Waals surface area (Å²) in [7, 11) is 0. The Bertz CT molecular complexity index is 285. The molecule has 0 unspecified atom stereocenters. The van der Waals surface area contributed by atoms with Gasteiger partial charge in [-0.1, -0.05) is 0 Å². The maximum absolute atomic E-state index is 10.5. The maximum atomic E-state index is 10.5. The first-order chi connectivity index (χ1) is 6.18. The van der Waals surface area contributed by atoms with E-state index in [-0.39, 0.29) is 12.1 Å². The van der Waals surface area contributed by atoms with Crippen LogP contribution < -0.4 is 0 Å². The van der Waals surface area contributed by atoms with Crippen molar-refractivity contribution in [1.82, 2.24) is 0 Å². The molecule has 0 bridgehead atoms. The standard InChI is InChI=1S/C10H12O3/c1-8(13-9(2)11)5-6-10-4-3-7-12-10/h3-8H,1-2H3/b6-5+/t8-/m1/s1. The highest BCUT2D eigenvalue weighted by Crippen LogP contribution is 2.04. The summed E-state index contributed by atoms with van der Waals surface area (Å²) in [5, 5.41) is 0. The molecule has 0 N–H and O–H groups in total. The van der Waals surface area contributed by atoms with Crippen molar-refractivity contribution in [2.24, 2.45) is 0 Å². The molecule has 70 valence electrons. The number of carbonyl (C=O) groups is 1. The maximum Gasteiger partial charge on any atom is 0.303 e. The second-order valence-electron chi connectivity index (χ2n) is 2.69. The molecule has 0 radical (unpaired) electrons. The van der Waals surface area contributed by atoms with E-state index in [1.165, 1.54) is 6.92 Å². The highest BCUT2D eigenvalue weighted by Gasteiger charge is 1.99. The van der Waals surface area contributed by atoms with Crippen molar-refractivity contribution >= 4 is 12.0 Å². The van der Waals surface area contributed by atoms with Crippen LogP contribution in [0.25, 0.3) is 6.08 Å². The van der Waals surface area contributed by atoms with Crippen LogP contribution in [0.2, 0.25) is 0 Å². The molecule has 1 rings (SSSR count). The van der Waals surface area contributed by atoms with Crippen LogP contribution >= 0.6 is 0 Å². The van der Waals surface area contributed by atoms with Gasteiger partial charge in [0.2, 0.25) is 0 Å². The molecule has 1 aromatic rings. The van der Waals surface area contributed by atoms with Crippen molar-refractivity contribution < 1.29 is 13.9 Å². The number of ether oxygens (including phenoxy) is 1. The second kappa shape index (κ2) is 4.50. The molecule has 0 aliphatic heterocycles. The Labute approximate surface area is 77.0 Å². The summed E-state index contributed by atoms with van der Waals surface area (Å²) in [4.78, 5) is 10.5. The van der Waals surface area contributed by atoms with Gasteiger partial charge in [0.1, 0.15) is 11.9 Å². The van der Waals surface area contributed by atoms with Gasteiger partial charge in [-0.3, -0.25) is 4.79 Å². The molecule has 0 fully saturated rings. The summed E-state index contributed by atoms with van der Waals surface area (Å²) in [6.07, 6.45) is 4.91. The van der Waals surface area contributed by atoms with Gasteiger partial charge >= 0.3 is 5.97 Å². The number of hydrogen-bond donors (Lipinski definition) is 0. The number of furan rings is 1. The topological polar surface area (TPSA) is 39.4 Å². The van der Waals surface area contributed by atoms with Crippen LogP contribution in [0.1, 0.15) is 19.6 Å². The van der Waals surface area contributed by atoms with E-state index in [0.29, 0.717) is 0 Å². The third kappa shape index (κ3) is 3.60. The van der Waals surface area contributed by atoms with Crippen molar-refractivity contribution in [2.75, 3.05) is 0 Å². The van der Waals surface area contributed by atoms with Crippen molar-refractivity contribution in [3.63, 3.8) is 0 Å². The predicted molar refractivity (Wildman–Crippen MR) is 49.0 cm³/mol. The molecule has 1 atom stereocenters. The molecule has 0 aliphatic rings. The Morgan fingerprint density at radius 2 is 2.46 bits per heavy atom. The van der Waals surface area contributed by atoms with Crippen LogP contribution in [-0.4, -0.2) is 12.1 Å². The largest absolute Gasteiger partial charge is 0.465 e. The quantitative estimate of drug-likeness (QED) is 0.669.